The van der Waals surface area contributed by atoms with Crippen LogP contribution in [0.25, 0.3) is 22.3 Å². The summed E-state index contributed by atoms with van der Waals surface area (Å²) >= 11 is 0. The van der Waals surface area contributed by atoms with Crippen molar-refractivity contribution in [3.05, 3.63) is 121 Å². The van der Waals surface area contributed by atoms with E-state index in [1.807, 2.05) is 24.3 Å². The fourth-order valence-corrected chi connectivity index (χ4v) is 4.28. The Bertz CT molecular complexity index is 779. The lowest BCUT2D eigenvalue weighted by atomic mass is 10.1. The Kier molecular flexibility index (Phi) is 11.9. The van der Waals surface area contributed by atoms with Gasteiger partial charge in [-0.3, -0.25) is 0 Å². The summed E-state index contributed by atoms with van der Waals surface area (Å²) in [6.45, 7) is 4.43. The van der Waals surface area contributed by atoms with Gasteiger partial charge in [0.15, 0.2) is 0 Å². The van der Waals surface area contributed by atoms with Crippen molar-refractivity contribution in [2.24, 2.45) is 0 Å². The number of benzene rings is 4. The smallest absolute Gasteiger partial charge is 0.0184 e. The Morgan fingerprint density at radius 1 is 0.419 bits per heavy atom. The summed E-state index contributed by atoms with van der Waals surface area (Å²) in [4.78, 5) is 0. The van der Waals surface area contributed by atoms with Crippen LogP contribution in [0.5, 0.6) is 0 Å². The molecule has 0 fully saturated rings. The van der Waals surface area contributed by atoms with E-state index >= 15 is 0 Å². The monoisotopic (exact) mass is 444 g/mol. The molecule has 0 aliphatic carbocycles. The Morgan fingerprint density at radius 2 is 0.613 bits per heavy atom. The van der Waals surface area contributed by atoms with E-state index < -0.39 is 0 Å². The van der Waals surface area contributed by atoms with Crippen LogP contribution in [-0.4, -0.2) is 11.3 Å². The second-order valence-electron chi connectivity index (χ2n) is 7.65. The quantitative estimate of drug-likeness (QED) is 0.276. The summed E-state index contributed by atoms with van der Waals surface area (Å²) in [6.07, 6.45) is 1.29. The lowest BCUT2D eigenvalue weighted by Crippen LogP contribution is -1.97. The van der Waals surface area contributed by atoms with E-state index in [9.17, 15) is 0 Å². The Hall–Kier alpha value is -2.26. The maximum Gasteiger partial charge on any atom is -0.0184 e. The van der Waals surface area contributed by atoms with Crippen molar-refractivity contribution in [1.29, 1.82) is 0 Å². The predicted molar refractivity (Wildman–Crippen MR) is 147 cm³/mol. The fourth-order valence-electron chi connectivity index (χ4n) is 3.11. The van der Waals surface area contributed by atoms with Crippen LogP contribution in [-0.2, 0) is 0 Å². The molecule has 0 bridgehead atoms. The third kappa shape index (κ3) is 10.5. The van der Waals surface area contributed by atoms with Crippen molar-refractivity contribution >= 4 is 18.5 Å². The molecular formula is C29H34P2. The minimum atomic E-state index is 0.771. The van der Waals surface area contributed by atoms with Gasteiger partial charge in [-0.05, 0) is 40.0 Å². The van der Waals surface area contributed by atoms with Gasteiger partial charge < -0.3 is 0 Å². The third-order valence-electron chi connectivity index (χ3n) is 4.51. The first-order chi connectivity index (χ1) is 15.1. The van der Waals surface area contributed by atoms with Gasteiger partial charge in [0.25, 0.3) is 0 Å². The van der Waals surface area contributed by atoms with Crippen LogP contribution in [0.1, 0.15) is 20.3 Å². The number of hydrogen-bond donors (Lipinski definition) is 0. The van der Waals surface area contributed by atoms with E-state index in [1.54, 1.807) is 0 Å². The molecule has 0 aliphatic rings. The molecule has 31 heavy (non-hydrogen) atoms. The first-order valence-electron chi connectivity index (χ1n) is 10.8. The van der Waals surface area contributed by atoms with Gasteiger partial charge in [0.05, 0.1) is 0 Å². The molecule has 0 aromatic heterocycles. The first kappa shape index (κ1) is 25.0. The molecule has 4 aromatic carbocycles. The van der Waals surface area contributed by atoms with Gasteiger partial charge in [-0.25, -0.2) is 0 Å². The molecule has 0 spiro atoms. The number of rotatable bonds is 4. The molecule has 0 nitrogen and oxygen atoms in total. The second kappa shape index (κ2) is 14.7. The lowest BCUT2D eigenvalue weighted by molar-refractivity contribution is 0.804. The van der Waals surface area contributed by atoms with Gasteiger partial charge in [-0.1, -0.05) is 135 Å². The summed E-state index contributed by atoms with van der Waals surface area (Å²) in [5.74, 6) is 0. The zero-order valence-corrected chi connectivity index (χ0v) is 20.9. The van der Waals surface area contributed by atoms with Crippen LogP contribution >= 0.6 is 18.5 Å². The summed E-state index contributed by atoms with van der Waals surface area (Å²) in [5.41, 5.74) is 6.65. The topological polar surface area (TPSA) is 0 Å². The second-order valence-corrected chi connectivity index (χ2v) is 9.93. The lowest BCUT2D eigenvalue weighted by Gasteiger charge is -2.05. The summed E-state index contributed by atoms with van der Waals surface area (Å²) in [6, 6.07) is 41.6. The van der Waals surface area contributed by atoms with Gasteiger partial charge >= 0.3 is 0 Å². The largest absolute Gasteiger partial charge is 0.135 e. The molecule has 0 saturated carbocycles. The molecule has 4 unspecified atom stereocenters. The van der Waals surface area contributed by atoms with Gasteiger partial charge in [0.2, 0.25) is 0 Å². The normalized spacial score (nSPS) is 11.7. The Balaban J connectivity index is 0.000000173. The van der Waals surface area contributed by atoms with Crippen molar-refractivity contribution < 1.29 is 0 Å². The minimum Gasteiger partial charge on any atom is -0.135 e. The van der Waals surface area contributed by atoms with Crippen LogP contribution in [0, 0.1) is 0 Å². The molecule has 2 heteroatoms. The number of hydrogen-bond acceptors (Lipinski definition) is 0. The SMILES string of the molecule is CC(P)CC(C)P.c1ccc(-c2ccccc2)cc1.c1ccc(-c2ccccc2)cc1. The van der Waals surface area contributed by atoms with Crippen molar-refractivity contribution in [3.8, 4) is 22.3 Å². The van der Waals surface area contributed by atoms with Gasteiger partial charge in [0.1, 0.15) is 0 Å². The van der Waals surface area contributed by atoms with E-state index in [1.165, 1.54) is 28.7 Å². The standard InChI is InChI=1S/2C12H10.C5H14P2/c2*1-3-7-11(8-4-1)12-9-5-2-6-10-12;1-4(6)3-5(2)7/h2*1-10H;4-5H,3,6-7H2,1-2H3. The molecule has 0 heterocycles. The van der Waals surface area contributed by atoms with E-state index in [0.717, 1.165) is 11.3 Å². The molecule has 160 valence electrons. The Morgan fingerprint density at radius 3 is 0.742 bits per heavy atom. The van der Waals surface area contributed by atoms with E-state index in [-0.39, 0.29) is 0 Å². The molecule has 0 radical (unpaired) electrons. The van der Waals surface area contributed by atoms with Gasteiger partial charge in [-0.2, -0.15) is 0 Å². The highest BCUT2D eigenvalue weighted by Crippen LogP contribution is 2.18. The maximum atomic E-state index is 2.79. The average molecular weight is 445 g/mol. The highest BCUT2D eigenvalue weighted by molar-refractivity contribution is 7.18. The molecule has 0 N–H and O–H groups in total. The molecule has 4 atom stereocenters. The molecule has 0 aliphatic heterocycles. The van der Waals surface area contributed by atoms with Crippen molar-refractivity contribution in [3.63, 3.8) is 0 Å². The third-order valence-corrected chi connectivity index (χ3v) is 5.05. The van der Waals surface area contributed by atoms with Crippen LogP contribution in [0.2, 0.25) is 0 Å². The zero-order valence-electron chi connectivity index (χ0n) is 18.6. The van der Waals surface area contributed by atoms with Crippen molar-refractivity contribution in [2.75, 3.05) is 0 Å². The van der Waals surface area contributed by atoms with Crippen LogP contribution in [0.15, 0.2) is 121 Å². The molecule has 4 rings (SSSR count). The average Bonchev–Trinajstić information content (AvgIpc) is 2.81. The molecule has 0 amide bonds. The Labute approximate surface area is 193 Å². The zero-order chi connectivity index (χ0) is 22.3. The minimum absolute atomic E-state index is 0.771. The highest BCUT2D eigenvalue weighted by Gasteiger charge is 1.96. The van der Waals surface area contributed by atoms with Crippen molar-refractivity contribution in [2.45, 2.75) is 31.6 Å². The first-order valence-corrected chi connectivity index (χ1v) is 12.1. The fraction of sp³-hybridized carbons (Fsp3) is 0.172. The summed E-state index contributed by atoms with van der Waals surface area (Å²) in [5, 5.41) is 0. The van der Waals surface area contributed by atoms with E-state index in [2.05, 4.69) is 129 Å². The van der Waals surface area contributed by atoms with E-state index in [0.29, 0.717) is 0 Å². The molecular weight excluding hydrogens is 410 g/mol. The highest BCUT2D eigenvalue weighted by atomic mass is 31.0. The van der Waals surface area contributed by atoms with Crippen LogP contribution < -0.4 is 0 Å². The molecule has 4 aromatic rings. The summed E-state index contributed by atoms with van der Waals surface area (Å²) < 4.78 is 0. The van der Waals surface area contributed by atoms with Gasteiger partial charge in [-0.15, -0.1) is 18.5 Å². The maximum absolute atomic E-state index is 2.79. The van der Waals surface area contributed by atoms with Crippen LogP contribution in [0.4, 0.5) is 0 Å². The summed E-state index contributed by atoms with van der Waals surface area (Å²) in [7, 11) is 5.58. The van der Waals surface area contributed by atoms with E-state index in [4.69, 9.17) is 0 Å². The predicted octanol–water partition coefficient (Wildman–Crippen LogP) is 8.61. The molecule has 0 saturated heterocycles. The van der Waals surface area contributed by atoms with Gasteiger partial charge in [0, 0.05) is 0 Å². The van der Waals surface area contributed by atoms with Crippen molar-refractivity contribution in [1.82, 2.24) is 0 Å². The van der Waals surface area contributed by atoms with Crippen LogP contribution in [0.3, 0.4) is 0 Å².